The molecule has 0 atom stereocenters. The molecule has 5 aromatic carbocycles. The van der Waals surface area contributed by atoms with E-state index in [0.717, 1.165) is 6.42 Å². The monoisotopic (exact) mass is 516 g/mol. The van der Waals surface area contributed by atoms with Crippen molar-refractivity contribution in [3.8, 4) is 55.8 Å². The Morgan fingerprint density at radius 3 is 1.55 bits per heavy atom. The fourth-order valence-electron chi connectivity index (χ4n) is 6.61. The maximum atomic E-state index is 2.43. The van der Waals surface area contributed by atoms with Crippen LogP contribution < -0.4 is 4.57 Å². The summed E-state index contributed by atoms with van der Waals surface area (Å²) < 4.78 is 2.36. The van der Waals surface area contributed by atoms with Crippen LogP contribution >= 0.6 is 0 Å². The molecule has 0 saturated carbocycles. The molecule has 0 bridgehead atoms. The van der Waals surface area contributed by atoms with Crippen molar-refractivity contribution in [2.24, 2.45) is 13.0 Å². The molecule has 1 aliphatic rings. The molecule has 40 heavy (non-hydrogen) atoms. The van der Waals surface area contributed by atoms with E-state index in [9.17, 15) is 0 Å². The average molecular weight is 517 g/mol. The average Bonchev–Trinajstić information content (AvgIpc) is 2.97. The second-order valence-corrected chi connectivity index (χ2v) is 11.6. The molecule has 0 amide bonds. The summed E-state index contributed by atoms with van der Waals surface area (Å²) in [5.41, 5.74) is 16.7. The summed E-state index contributed by atoms with van der Waals surface area (Å²) >= 11 is 0. The highest BCUT2D eigenvalue weighted by Crippen LogP contribution is 2.48. The molecule has 1 heterocycles. The van der Waals surface area contributed by atoms with Crippen LogP contribution in [0.5, 0.6) is 0 Å². The van der Waals surface area contributed by atoms with E-state index < -0.39 is 0 Å². The predicted molar refractivity (Wildman–Crippen MR) is 169 cm³/mol. The van der Waals surface area contributed by atoms with Gasteiger partial charge in [0.2, 0.25) is 11.2 Å². The number of pyridine rings is 1. The smallest absolute Gasteiger partial charge is 0.194 e. The van der Waals surface area contributed by atoms with E-state index in [1.54, 1.807) is 0 Å². The lowest BCUT2D eigenvalue weighted by atomic mass is 9.79. The summed E-state index contributed by atoms with van der Waals surface area (Å²) in [6, 6.07) is 43.0. The Kier molecular flexibility index (Phi) is 5.90. The molecular weight excluding hydrogens is 482 g/mol. The summed E-state index contributed by atoms with van der Waals surface area (Å²) in [4.78, 5) is 0. The van der Waals surface area contributed by atoms with Gasteiger partial charge in [0.25, 0.3) is 0 Å². The van der Waals surface area contributed by atoms with Crippen molar-refractivity contribution in [1.82, 2.24) is 0 Å². The maximum Gasteiger partial charge on any atom is 0.213 e. The number of hydrogen-bond donors (Lipinski definition) is 0. The van der Waals surface area contributed by atoms with Crippen LogP contribution in [0.4, 0.5) is 0 Å². The predicted octanol–water partition coefficient (Wildman–Crippen LogP) is 9.82. The summed E-state index contributed by atoms with van der Waals surface area (Å²) in [6.45, 7) is 6.82. The van der Waals surface area contributed by atoms with Gasteiger partial charge in [0, 0.05) is 23.1 Å². The largest absolute Gasteiger partial charge is 0.213 e. The van der Waals surface area contributed by atoms with Crippen LogP contribution in [0.2, 0.25) is 0 Å². The van der Waals surface area contributed by atoms with E-state index >= 15 is 0 Å². The molecule has 0 radical (unpaired) electrons. The van der Waals surface area contributed by atoms with Crippen molar-refractivity contribution in [3.05, 3.63) is 126 Å². The maximum absolute atomic E-state index is 2.43. The van der Waals surface area contributed by atoms with Gasteiger partial charge in [0.15, 0.2) is 0 Å². The van der Waals surface area contributed by atoms with Crippen molar-refractivity contribution in [2.45, 2.75) is 27.2 Å². The molecule has 1 aliphatic carbocycles. The Hall–Kier alpha value is -4.49. The van der Waals surface area contributed by atoms with Crippen LogP contribution in [-0.2, 0) is 13.5 Å². The molecule has 0 N–H and O–H groups in total. The van der Waals surface area contributed by atoms with E-state index in [4.69, 9.17) is 0 Å². The van der Waals surface area contributed by atoms with Gasteiger partial charge in [-0.1, -0.05) is 92.7 Å². The number of aryl methyl sites for hydroxylation is 2. The van der Waals surface area contributed by atoms with Crippen LogP contribution in [-0.4, -0.2) is 0 Å². The van der Waals surface area contributed by atoms with Crippen LogP contribution in [0.1, 0.15) is 25.0 Å². The lowest BCUT2D eigenvalue weighted by molar-refractivity contribution is -0.633. The van der Waals surface area contributed by atoms with Gasteiger partial charge in [-0.05, 0) is 99.2 Å². The van der Waals surface area contributed by atoms with Gasteiger partial charge in [-0.15, -0.1) is 0 Å². The third-order valence-electron chi connectivity index (χ3n) is 8.46. The Balaban J connectivity index is 1.49. The van der Waals surface area contributed by atoms with Crippen LogP contribution in [0.3, 0.4) is 0 Å². The molecule has 0 spiro atoms. The first-order chi connectivity index (χ1) is 19.5. The number of benzene rings is 5. The molecular formula is C39H34N+. The molecule has 7 rings (SSSR count). The van der Waals surface area contributed by atoms with E-state index in [-0.39, 0.29) is 0 Å². The minimum atomic E-state index is 0.650. The summed E-state index contributed by atoms with van der Waals surface area (Å²) in [5, 5.41) is 1.30. The SMILES string of the molecule is Cc1cc2c(cc1-c1ccc3cc(CC(C)C)ccc3[n+]1C)-c1ccccc1-c1ccccc1-c1ccccc1-2. The number of aromatic nitrogens is 1. The van der Waals surface area contributed by atoms with E-state index in [2.05, 4.69) is 148 Å². The van der Waals surface area contributed by atoms with Gasteiger partial charge >= 0.3 is 0 Å². The van der Waals surface area contributed by atoms with Crippen molar-refractivity contribution in [1.29, 1.82) is 0 Å². The fourth-order valence-corrected chi connectivity index (χ4v) is 6.61. The molecule has 1 heteroatoms. The van der Waals surface area contributed by atoms with Gasteiger partial charge in [-0.25, -0.2) is 0 Å². The second-order valence-electron chi connectivity index (χ2n) is 11.6. The lowest BCUT2D eigenvalue weighted by Crippen LogP contribution is -2.32. The highest BCUT2D eigenvalue weighted by Gasteiger charge is 2.24. The Morgan fingerprint density at radius 1 is 0.525 bits per heavy atom. The lowest BCUT2D eigenvalue weighted by Gasteiger charge is -2.24. The van der Waals surface area contributed by atoms with Gasteiger partial charge in [-0.2, -0.15) is 4.57 Å². The zero-order chi connectivity index (χ0) is 27.4. The van der Waals surface area contributed by atoms with Crippen molar-refractivity contribution >= 4 is 10.9 Å². The third-order valence-corrected chi connectivity index (χ3v) is 8.46. The molecule has 1 nitrogen and oxygen atoms in total. The second kappa shape index (κ2) is 9.61. The van der Waals surface area contributed by atoms with Crippen molar-refractivity contribution in [3.63, 3.8) is 0 Å². The normalized spacial score (nSPS) is 11.8. The van der Waals surface area contributed by atoms with Crippen molar-refractivity contribution in [2.75, 3.05) is 0 Å². The Labute approximate surface area is 237 Å². The third kappa shape index (κ3) is 3.97. The molecule has 0 unspecified atom stereocenters. The standard InChI is InChI=1S/C39H34N/c1-25(2)21-27-17-19-38-28(23-27)18-20-39(40(38)4)35-24-37-34-16-10-8-14-32(34)30-12-6-5-11-29(30)31-13-7-9-15-33(31)36(37)22-26(35)3/h5-20,22-25H,21H2,1-4H3/q+1. The molecule has 1 aromatic heterocycles. The van der Waals surface area contributed by atoms with Crippen LogP contribution in [0.25, 0.3) is 66.7 Å². The van der Waals surface area contributed by atoms with Gasteiger partial charge in [-0.3, -0.25) is 0 Å². The van der Waals surface area contributed by atoms with Gasteiger partial charge in [0.1, 0.15) is 7.05 Å². The number of hydrogen-bond acceptors (Lipinski definition) is 0. The minimum Gasteiger partial charge on any atom is -0.194 e. The van der Waals surface area contributed by atoms with E-state index in [1.165, 1.54) is 77.8 Å². The van der Waals surface area contributed by atoms with Gasteiger partial charge < -0.3 is 0 Å². The highest BCUT2D eigenvalue weighted by atomic mass is 14.9. The number of fused-ring (bicyclic) bond motifs is 9. The number of nitrogens with zero attached hydrogens (tertiary/aromatic N) is 1. The fraction of sp³-hybridized carbons (Fsp3) is 0.154. The van der Waals surface area contributed by atoms with Gasteiger partial charge in [0.05, 0.1) is 0 Å². The molecule has 194 valence electrons. The molecule has 0 aliphatic heterocycles. The zero-order valence-corrected chi connectivity index (χ0v) is 23.7. The highest BCUT2D eigenvalue weighted by molar-refractivity contribution is 6.04. The quantitative estimate of drug-likeness (QED) is 0.206. The van der Waals surface area contributed by atoms with E-state index in [1.807, 2.05) is 0 Å². The Bertz CT molecular complexity index is 1920. The first kappa shape index (κ1) is 24.5. The Morgan fingerprint density at radius 2 is 1.02 bits per heavy atom. The topological polar surface area (TPSA) is 3.88 Å². The van der Waals surface area contributed by atoms with Crippen molar-refractivity contribution < 1.29 is 4.57 Å². The van der Waals surface area contributed by atoms with Crippen LogP contribution in [0.15, 0.2) is 115 Å². The molecule has 0 saturated heterocycles. The zero-order valence-electron chi connectivity index (χ0n) is 23.7. The summed E-state index contributed by atoms with van der Waals surface area (Å²) in [5.74, 6) is 0.650. The minimum absolute atomic E-state index is 0.650. The summed E-state index contributed by atoms with van der Waals surface area (Å²) in [6.07, 6.45) is 1.11. The first-order valence-corrected chi connectivity index (χ1v) is 14.3. The van der Waals surface area contributed by atoms with Crippen LogP contribution in [0, 0.1) is 12.8 Å². The number of rotatable bonds is 3. The molecule has 6 aromatic rings. The van der Waals surface area contributed by atoms with E-state index in [0.29, 0.717) is 5.92 Å². The first-order valence-electron chi connectivity index (χ1n) is 14.3. The summed E-state index contributed by atoms with van der Waals surface area (Å²) in [7, 11) is 2.20. The molecule has 0 fully saturated rings.